The summed E-state index contributed by atoms with van der Waals surface area (Å²) >= 11 is 0. The molecule has 126 valence electrons. The van der Waals surface area contributed by atoms with E-state index in [4.69, 9.17) is 4.42 Å². The third-order valence-corrected chi connectivity index (χ3v) is 4.81. The number of rotatable bonds is 2. The van der Waals surface area contributed by atoms with Crippen molar-refractivity contribution in [3.05, 3.63) is 78.9 Å². The number of fused-ring (bicyclic) bond motifs is 3. The molecule has 0 bridgehead atoms. The number of pyridine rings is 1. The Balaban J connectivity index is 1.89. The van der Waals surface area contributed by atoms with Crippen molar-refractivity contribution in [2.75, 3.05) is 0 Å². The molecule has 4 heteroatoms. The Morgan fingerprint density at radius 2 is 1.92 bits per heavy atom. The van der Waals surface area contributed by atoms with E-state index in [2.05, 4.69) is 40.9 Å². The zero-order valence-electron chi connectivity index (χ0n) is 14.6. The maximum Gasteiger partial charge on any atom is 0.189 e. The molecule has 0 aliphatic carbocycles. The first kappa shape index (κ1) is 14.9. The van der Waals surface area contributed by atoms with Crippen molar-refractivity contribution in [1.82, 2.24) is 9.55 Å². The SMILES string of the molecule is Cc1ccc2c(oc3ccccc32)c1-c1n(C)c[c-][n+]1-c1cccnc1. The third-order valence-electron chi connectivity index (χ3n) is 4.81. The lowest BCUT2D eigenvalue weighted by atomic mass is 10.0. The van der Waals surface area contributed by atoms with E-state index in [-0.39, 0.29) is 0 Å². The number of furan rings is 1. The van der Waals surface area contributed by atoms with Crippen molar-refractivity contribution < 1.29 is 8.98 Å². The first-order valence-corrected chi connectivity index (χ1v) is 8.55. The van der Waals surface area contributed by atoms with E-state index in [0.717, 1.165) is 44.6 Å². The average molecular weight is 339 g/mol. The van der Waals surface area contributed by atoms with Gasteiger partial charge in [-0.05, 0) is 18.6 Å². The van der Waals surface area contributed by atoms with Gasteiger partial charge in [-0.3, -0.25) is 9.55 Å². The maximum absolute atomic E-state index is 6.28. The molecule has 0 saturated heterocycles. The van der Waals surface area contributed by atoms with Crippen LogP contribution in [0.25, 0.3) is 39.0 Å². The minimum atomic E-state index is 0.902. The number of benzene rings is 2. The van der Waals surface area contributed by atoms with Crippen LogP contribution in [0, 0.1) is 13.1 Å². The predicted octanol–water partition coefficient (Wildman–Crippen LogP) is 4.37. The van der Waals surface area contributed by atoms with Gasteiger partial charge < -0.3 is 8.98 Å². The van der Waals surface area contributed by atoms with Gasteiger partial charge in [0, 0.05) is 28.9 Å². The molecule has 0 radical (unpaired) electrons. The number of nitrogens with zero attached hydrogens (tertiary/aromatic N) is 3. The summed E-state index contributed by atoms with van der Waals surface area (Å²) in [5.74, 6) is 1.01. The molecule has 5 rings (SSSR count). The Morgan fingerprint density at radius 1 is 1.04 bits per heavy atom. The van der Waals surface area contributed by atoms with Gasteiger partial charge in [-0.25, -0.2) is 0 Å². The summed E-state index contributed by atoms with van der Waals surface area (Å²) in [6, 6.07) is 16.4. The van der Waals surface area contributed by atoms with Gasteiger partial charge in [-0.15, -0.1) is 0 Å². The molecule has 0 aliphatic rings. The van der Waals surface area contributed by atoms with Crippen LogP contribution in [-0.4, -0.2) is 9.55 Å². The van der Waals surface area contributed by atoms with E-state index in [0.29, 0.717) is 0 Å². The summed E-state index contributed by atoms with van der Waals surface area (Å²) in [6.07, 6.45) is 8.86. The molecule has 5 aromatic rings. The lowest BCUT2D eigenvalue weighted by Gasteiger charge is -2.13. The average Bonchev–Trinajstić information content (AvgIpc) is 3.23. The van der Waals surface area contributed by atoms with E-state index in [1.165, 1.54) is 0 Å². The highest BCUT2D eigenvalue weighted by Crippen LogP contribution is 2.36. The van der Waals surface area contributed by atoms with Crippen LogP contribution in [0.5, 0.6) is 0 Å². The summed E-state index contributed by atoms with van der Waals surface area (Å²) in [5, 5.41) is 2.26. The van der Waals surface area contributed by atoms with Crippen molar-refractivity contribution in [3.8, 4) is 17.1 Å². The van der Waals surface area contributed by atoms with Crippen LogP contribution in [-0.2, 0) is 7.05 Å². The Hall–Kier alpha value is -3.40. The molecule has 0 fully saturated rings. The topological polar surface area (TPSA) is 34.8 Å². The number of hydrogen-bond acceptors (Lipinski definition) is 2. The van der Waals surface area contributed by atoms with Gasteiger partial charge in [0.1, 0.15) is 11.2 Å². The molecule has 0 spiro atoms. The predicted molar refractivity (Wildman–Crippen MR) is 101 cm³/mol. The van der Waals surface area contributed by atoms with Crippen LogP contribution in [0.3, 0.4) is 0 Å². The molecule has 0 atom stereocenters. The second-order valence-electron chi connectivity index (χ2n) is 6.47. The van der Waals surface area contributed by atoms with Crippen LogP contribution in [0.1, 0.15) is 5.56 Å². The first-order valence-electron chi connectivity index (χ1n) is 8.55. The molecule has 4 nitrogen and oxygen atoms in total. The fraction of sp³-hybridized carbons (Fsp3) is 0.0909. The quantitative estimate of drug-likeness (QED) is 0.353. The van der Waals surface area contributed by atoms with Crippen molar-refractivity contribution in [3.63, 3.8) is 0 Å². The van der Waals surface area contributed by atoms with Crippen LogP contribution in [0.2, 0.25) is 0 Å². The number of imidazole rings is 1. The Labute approximate surface area is 151 Å². The van der Waals surface area contributed by atoms with Crippen molar-refractivity contribution >= 4 is 21.9 Å². The molecule has 0 N–H and O–H groups in total. The summed E-state index contributed by atoms with van der Waals surface area (Å²) in [4.78, 5) is 4.25. The minimum Gasteiger partial charge on any atom is -0.456 e. The second kappa shape index (κ2) is 5.56. The largest absolute Gasteiger partial charge is 0.456 e. The smallest absolute Gasteiger partial charge is 0.189 e. The van der Waals surface area contributed by atoms with E-state index in [1.54, 1.807) is 6.20 Å². The summed E-state index contributed by atoms with van der Waals surface area (Å²) in [5.41, 5.74) is 5.01. The molecule has 2 aromatic carbocycles. The Kier molecular flexibility index (Phi) is 3.19. The number of hydrogen-bond donors (Lipinski definition) is 0. The van der Waals surface area contributed by atoms with Crippen LogP contribution < -0.4 is 4.57 Å². The normalized spacial score (nSPS) is 11.5. The van der Waals surface area contributed by atoms with Crippen molar-refractivity contribution in [2.24, 2.45) is 7.05 Å². The number of para-hydroxylation sites is 1. The second-order valence-corrected chi connectivity index (χ2v) is 6.47. The molecule has 0 aliphatic heterocycles. The highest BCUT2D eigenvalue weighted by molar-refractivity contribution is 6.09. The van der Waals surface area contributed by atoms with Crippen molar-refractivity contribution in [2.45, 2.75) is 6.92 Å². The monoisotopic (exact) mass is 339 g/mol. The van der Waals surface area contributed by atoms with Crippen LogP contribution in [0.4, 0.5) is 0 Å². The first-order chi connectivity index (χ1) is 12.7. The highest BCUT2D eigenvalue weighted by atomic mass is 16.3. The molecule has 3 heterocycles. The van der Waals surface area contributed by atoms with Gasteiger partial charge >= 0.3 is 0 Å². The van der Waals surface area contributed by atoms with Gasteiger partial charge in [0.15, 0.2) is 5.82 Å². The molecular formula is C22H17N3O. The number of aromatic nitrogens is 3. The molecular weight excluding hydrogens is 322 g/mol. The molecule has 0 amide bonds. The lowest BCUT2D eigenvalue weighted by molar-refractivity contribution is -0.587. The van der Waals surface area contributed by atoms with Crippen LogP contribution in [0.15, 0.2) is 71.5 Å². The molecule has 26 heavy (non-hydrogen) atoms. The fourth-order valence-electron chi connectivity index (χ4n) is 3.56. The lowest BCUT2D eigenvalue weighted by Crippen LogP contribution is -2.32. The van der Waals surface area contributed by atoms with E-state index in [9.17, 15) is 0 Å². The standard InChI is InChI=1S/C22H17N3O/c1-15-9-10-18-17-7-3-4-8-19(17)26-21(18)20(15)22-24(2)12-13-25(22)16-6-5-11-23-14-16/h3-12,14H,1-2H3. The molecule has 0 saturated carbocycles. The third kappa shape index (κ3) is 2.09. The van der Waals surface area contributed by atoms with Gasteiger partial charge in [0.05, 0.1) is 25.0 Å². The Morgan fingerprint density at radius 3 is 2.77 bits per heavy atom. The molecule has 0 unspecified atom stereocenters. The van der Waals surface area contributed by atoms with Gasteiger partial charge in [0.25, 0.3) is 0 Å². The summed E-state index contributed by atoms with van der Waals surface area (Å²) in [6.45, 7) is 2.11. The van der Waals surface area contributed by atoms with Gasteiger partial charge in [0.2, 0.25) is 0 Å². The van der Waals surface area contributed by atoms with E-state index < -0.39 is 0 Å². The zero-order valence-corrected chi connectivity index (χ0v) is 14.6. The summed E-state index contributed by atoms with van der Waals surface area (Å²) < 4.78 is 10.4. The zero-order chi connectivity index (χ0) is 17.7. The fourth-order valence-corrected chi connectivity index (χ4v) is 3.56. The maximum atomic E-state index is 6.28. The van der Waals surface area contributed by atoms with Gasteiger partial charge in [-0.2, -0.15) is 0 Å². The molecule has 3 aromatic heterocycles. The minimum absolute atomic E-state index is 0.902. The number of aryl methyl sites for hydroxylation is 2. The highest BCUT2D eigenvalue weighted by Gasteiger charge is 2.20. The van der Waals surface area contributed by atoms with E-state index in [1.807, 2.05) is 54.3 Å². The van der Waals surface area contributed by atoms with Crippen molar-refractivity contribution in [1.29, 1.82) is 0 Å². The van der Waals surface area contributed by atoms with Gasteiger partial charge in [-0.1, -0.05) is 42.5 Å². The van der Waals surface area contributed by atoms with Crippen LogP contribution >= 0.6 is 0 Å². The summed E-state index contributed by atoms with van der Waals surface area (Å²) in [7, 11) is 2.03. The van der Waals surface area contributed by atoms with E-state index >= 15 is 0 Å². The Bertz CT molecular complexity index is 1250.